The van der Waals surface area contributed by atoms with E-state index in [0.29, 0.717) is 45.9 Å². The van der Waals surface area contributed by atoms with E-state index in [4.69, 9.17) is 27.9 Å². The van der Waals surface area contributed by atoms with Gasteiger partial charge in [-0.05, 0) is 75.1 Å². The van der Waals surface area contributed by atoms with Crippen molar-refractivity contribution in [2.45, 2.75) is 63.3 Å². The summed E-state index contributed by atoms with van der Waals surface area (Å²) < 4.78 is 25.4. The van der Waals surface area contributed by atoms with Crippen molar-refractivity contribution in [2.24, 2.45) is 0 Å². The fourth-order valence-corrected chi connectivity index (χ4v) is 7.50. The first kappa shape index (κ1) is 29.4. The first-order valence-corrected chi connectivity index (χ1v) is 15.7. The molecule has 4 heterocycles. The van der Waals surface area contributed by atoms with E-state index < -0.39 is 5.82 Å². The second kappa shape index (κ2) is 11.9. The van der Waals surface area contributed by atoms with Crippen molar-refractivity contribution in [2.75, 3.05) is 20.1 Å². The van der Waals surface area contributed by atoms with Crippen molar-refractivity contribution in [3.63, 3.8) is 0 Å². The summed E-state index contributed by atoms with van der Waals surface area (Å²) >= 11 is 6.96. The van der Waals surface area contributed by atoms with Crippen LogP contribution in [0.3, 0.4) is 0 Å². The highest BCUT2D eigenvalue weighted by atomic mass is 35.5. The normalized spacial score (nSPS) is 21.2. The van der Waals surface area contributed by atoms with Gasteiger partial charge >= 0.3 is 0 Å². The van der Waals surface area contributed by atoms with Crippen LogP contribution in [0.4, 0.5) is 10.1 Å². The third-order valence-corrected chi connectivity index (χ3v) is 9.70. The number of halogens is 2. The quantitative estimate of drug-likeness (QED) is 0.200. The third kappa shape index (κ3) is 5.04. The zero-order valence-electron chi connectivity index (χ0n) is 25.1. The summed E-state index contributed by atoms with van der Waals surface area (Å²) in [5, 5.41) is 24.0. The largest absolute Gasteiger partial charge is 0.471 e. The standard InChI is InChI=1S/C34H32ClFN8O/c1-19(27-11-6-16-43(27)3)45-34-32-33(44(42-41-32)22-13-15-39-21(17-22)12-14-37)24-18-25(35)29(30(36)31(24)40-34)23-9-4-7-20-8-5-10-26(38-2)28(20)23/h4-5,7-10,18-19,21-22,27,39H,6,11-13,15-17H2,1,3H3/t19-,21+,22-,27-/m0/s1. The number of nitrogens with one attached hydrogen (secondary N) is 1. The van der Waals surface area contributed by atoms with Crippen LogP contribution in [0.25, 0.3) is 48.7 Å². The van der Waals surface area contributed by atoms with Crippen LogP contribution in [-0.2, 0) is 0 Å². The van der Waals surface area contributed by atoms with Gasteiger partial charge in [0.25, 0.3) is 0 Å². The maximum absolute atomic E-state index is 17.0. The highest BCUT2D eigenvalue weighted by Gasteiger charge is 2.32. The monoisotopic (exact) mass is 622 g/mol. The van der Waals surface area contributed by atoms with Gasteiger partial charge < -0.3 is 10.1 Å². The number of likely N-dealkylation sites (N-methyl/N-ethyl adjacent to an activating group) is 1. The van der Waals surface area contributed by atoms with Crippen molar-refractivity contribution < 1.29 is 9.13 Å². The van der Waals surface area contributed by atoms with E-state index in [1.807, 2.05) is 35.9 Å². The molecule has 9 nitrogen and oxygen atoms in total. The van der Waals surface area contributed by atoms with Crippen LogP contribution < -0.4 is 10.1 Å². The molecule has 2 saturated heterocycles. The molecule has 11 heteroatoms. The lowest BCUT2D eigenvalue weighted by molar-refractivity contribution is 0.118. The molecule has 2 fully saturated rings. The molecule has 45 heavy (non-hydrogen) atoms. The molecule has 2 aliphatic rings. The lowest BCUT2D eigenvalue weighted by Crippen LogP contribution is -2.39. The molecule has 0 radical (unpaired) electrons. The Kier molecular flexibility index (Phi) is 7.74. The number of ether oxygens (including phenoxy) is 1. The van der Waals surface area contributed by atoms with Crippen LogP contribution in [0.15, 0.2) is 42.5 Å². The molecule has 0 spiro atoms. The number of benzene rings is 3. The number of nitrogens with zero attached hydrogens (tertiary/aromatic N) is 7. The topological polar surface area (TPSA) is 96.2 Å². The van der Waals surface area contributed by atoms with Gasteiger partial charge in [-0.3, -0.25) is 4.90 Å². The van der Waals surface area contributed by atoms with Crippen LogP contribution in [0.5, 0.6) is 5.88 Å². The minimum absolute atomic E-state index is 0.0182. The number of likely N-dealkylation sites (tertiary alicyclic amines) is 1. The second-order valence-corrected chi connectivity index (χ2v) is 12.5. The summed E-state index contributed by atoms with van der Waals surface area (Å²) in [6, 6.07) is 15.1. The summed E-state index contributed by atoms with van der Waals surface area (Å²) in [5.41, 5.74) is 2.29. The maximum Gasteiger partial charge on any atom is 0.245 e. The highest BCUT2D eigenvalue weighted by Crippen LogP contribution is 2.44. The van der Waals surface area contributed by atoms with E-state index in [1.54, 1.807) is 18.2 Å². The van der Waals surface area contributed by atoms with Crippen molar-refractivity contribution in [1.29, 1.82) is 5.26 Å². The van der Waals surface area contributed by atoms with E-state index in [2.05, 4.69) is 38.5 Å². The third-order valence-electron chi connectivity index (χ3n) is 9.40. The molecule has 0 unspecified atom stereocenters. The zero-order chi connectivity index (χ0) is 31.2. The lowest BCUT2D eigenvalue weighted by atomic mass is 9.95. The van der Waals surface area contributed by atoms with Crippen molar-refractivity contribution >= 4 is 50.0 Å². The van der Waals surface area contributed by atoms with Gasteiger partial charge in [-0.25, -0.2) is 18.9 Å². The van der Waals surface area contributed by atoms with Crippen LogP contribution >= 0.6 is 11.6 Å². The number of rotatable bonds is 6. The predicted molar refractivity (Wildman–Crippen MR) is 173 cm³/mol. The average molecular weight is 623 g/mol. The Hall–Kier alpha value is -4.35. The Morgan fingerprint density at radius 3 is 2.82 bits per heavy atom. The minimum atomic E-state index is -0.595. The summed E-state index contributed by atoms with van der Waals surface area (Å²) in [7, 11) is 2.08. The number of aromatic nitrogens is 4. The van der Waals surface area contributed by atoms with E-state index in [0.717, 1.165) is 37.7 Å². The van der Waals surface area contributed by atoms with Gasteiger partial charge in [0.15, 0.2) is 17.0 Å². The summed E-state index contributed by atoms with van der Waals surface area (Å²) in [6.07, 6.45) is 3.69. The van der Waals surface area contributed by atoms with Crippen LogP contribution in [0.1, 0.15) is 45.1 Å². The van der Waals surface area contributed by atoms with Crippen LogP contribution in [-0.4, -0.2) is 63.2 Å². The second-order valence-electron chi connectivity index (χ2n) is 12.1. The molecule has 0 amide bonds. The molecule has 3 aromatic carbocycles. The van der Waals surface area contributed by atoms with Crippen molar-refractivity contribution in [3.05, 3.63) is 64.7 Å². The van der Waals surface area contributed by atoms with E-state index >= 15 is 4.39 Å². The van der Waals surface area contributed by atoms with Gasteiger partial charge in [0.05, 0.1) is 30.1 Å². The Labute approximate surface area is 265 Å². The summed E-state index contributed by atoms with van der Waals surface area (Å²) in [5.74, 6) is -0.367. The van der Waals surface area contributed by atoms with E-state index in [-0.39, 0.29) is 46.2 Å². The smallest absolute Gasteiger partial charge is 0.245 e. The number of nitriles is 1. The molecule has 0 bridgehead atoms. The fraction of sp³-hybridized carbons (Fsp3) is 0.382. The molecule has 228 valence electrons. The Morgan fingerprint density at radius 2 is 2.07 bits per heavy atom. The summed E-state index contributed by atoms with van der Waals surface area (Å²) in [6.45, 7) is 11.5. The van der Waals surface area contributed by atoms with Gasteiger partial charge in [0, 0.05) is 23.0 Å². The Morgan fingerprint density at radius 1 is 1.24 bits per heavy atom. The molecular weight excluding hydrogens is 591 g/mol. The van der Waals surface area contributed by atoms with Gasteiger partial charge in [-0.1, -0.05) is 53.2 Å². The van der Waals surface area contributed by atoms with Gasteiger partial charge in [0.2, 0.25) is 5.88 Å². The summed E-state index contributed by atoms with van der Waals surface area (Å²) in [4.78, 5) is 10.8. The maximum atomic E-state index is 17.0. The van der Waals surface area contributed by atoms with Gasteiger partial charge in [-0.2, -0.15) is 5.26 Å². The number of piperidine rings is 1. The first-order valence-electron chi connectivity index (χ1n) is 15.3. The number of fused-ring (bicyclic) bond motifs is 4. The fourth-order valence-electron chi connectivity index (χ4n) is 7.20. The number of hydrogen-bond acceptors (Lipinski definition) is 7. The predicted octanol–water partition coefficient (Wildman–Crippen LogP) is 7.21. The molecule has 0 aliphatic carbocycles. The van der Waals surface area contributed by atoms with E-state index in [1.165, 1.54) is 0 Å². The molecule has 4 atom stereocenters. The molecule has 0 saturated carbocycles. The van der Waals surface area contributed by atoms with Crippen LogP contribution in [0.2, 0.25) is 5.02 Å². The number of hydrogen-bond donors (Lipinski definition) is 1. The Balaban J connectivity index is 1.46. The van der Waals surface area contributed by atoms with Gasteiger partial charge in [0.1, 0.15) is 17.1 Å². The first-order chi connectivity index (χ1) is 21.9. The average Bonchev–Trinajstić information content (AvgIpc) is 3.69. The molecule has 2 aliphatic heterocycles. The van der Waals surface area contributed by atoms with Crippen molar-refractivity contribution in [3.8, 4) is 23.1 Å². The SMILES string of the molecule is [C-]#[N+]c1cccc2cccc(-c3c(Cl)cc4c(nc(O[C@@H](C)[C@@H]5CCCN5C)c5nnn([C@H]6CCN[C@H](CC#N)C6)c54)c3F)c12. The van der Waals surface area contributed by atoms with Crippen LogP contribution in [0, 0.1) is 23.7 Å². The van der Waals surface area contributed by atoms with Crippen molar-refractivity contribution in [1.82, 2.24) is 30.2 Å². The highest BCUT2D eigenvalue weighted by molar-refractivity contribution is 6.35. The molecule has 1 N–H and O–H groups in total. The minimum Gasteiger partial charge on any atom is -0.471 e. The molecule has 5 aromatic rings. The Bertz CT molecular complexity index is 2030. The molecular formula is C34H32ClFN8O. The lowest BCUT2D eigenvalue weighted by Gasteiger charge is -2.29. The van der Waals surface area contributed by atoms with E-state index in [9.17, 15) is 5.26 Å². The number of pyridine rings is 1. The molecule has 7 rings (SSSR count). The molecule has 2 aromatic heterocycles. The van der Waals surface area contributed by atoms with Gasteiger partial charge in [-0.15, -0.1) is 5.10 Å². The zero-order valence-corrected chi connectivity index (χ0v) is 25.9.